The molecule has 3 heterocycles. The molecule has 0 bridgehead atoms. The van der Waals surface area contributed by atoms with Gasteiger partial charge in [0, 0.05) is 46.4 Å². The number of hydrogen-bond acceptors (Lipinski definition) is 5. The van der Waals surface area contributed by atoms with Crippen molar-refractivity contribution in [3.63, 3.8) is 0 Å². The van der Waals surface area contributed by atoms with Crippen LogP contribution in [-0.2, 0) is 27.4 Å². The van der Waals surface area contributed by atoms with Crippen LogP contribution in [0.1, 0.15) is 36.8 Å². The van der Waals surface area contributed by atoms with Crippen molar-refractivity contribution in [1.29, 1.82) is 0 Å². The molecule has 1 amide bonds. The fourth-order valence-corrected chi connectivity index (χ4v) is 5.03. The Labute approximate surface area is 191 Å². The van der Waals surface area contributed by atoms with Gasteiger partial charge in [-0.3, -0.25) is 14.7 Å². The molecular weight excluding hydrogens is 406 g/mol. The average molecular weight is 444 g/mol. The maximum Gasteiger partial charge on any atom is 0.221 e. The lowest BCUT2D eigenvalue weighted by Crippen LogP contribution is -2.53. The molecule has 0 aromatic heterocycles. The fraction of sp³-hybridized carbons (Fsp3) is 0.667. The molecule has 0 saturated carbocycles. The second-order valence-electron chi connectivity index (χ2n) is 9.10. The summed E-state index contributed by atoms with van der Waals surface area (Å²) in [5, 5.41) is 3.52. The van der Waals surface area contributed by atoms with Gasteiger partial charge in [0.25, 0.3) is 0 Å². The Morgan fingerprint density at radius 2 is 1.97 bits per heavy atom. The molecule has 176 valence electrons. The van der Waals surface area contributed by atoms with Gasteiger partial charge in [0.05, 0.1) is 18.6 Å². The largest absolute Gasteiger partial charge is 0.375 e. The molecule has 8 nitrogen and oxygen atoms in total. The number of morpholine rings is 1. The van der Waals surface area contributed by atoms with Crippen molar-refractivity contribution >= 4 is 11.9 Å². The number of carbonyl (C=O) groups is 1. The van der Waals surface area contributed by atoms with E-state index in [9.17, 15) is 4.79 Å². The Morgan fingerprint density at radius 3 is 2.75 bits per heavy atom. The molecule has 3 saturated heterocycles. The first-order chi connectivity index (χ1) is 15.6. The first-order valence-electron chi connectivity index (χ1n) is 11.9. The highest BCUT2D eigenvalue weighted by Gasteiger charge is 2.32. The topological polar surface area (TPSA) is 92.4 Å². The van der Waals surface area contributed by atoms with Crippen LogP contribution in [0.3, 0.4) is 0 Å². The van der Waals surface area contributed by atoms with Gasteiger partial charge in [0.2, 0.25) is 5.91 Å². The van der Waals surface area contributed by atoms with E-state index >= 15 is 0 Å². The third kappa shape index (κ3) is 5.99. The van der Waals surface area contributed by atoms with E-state index in [2.05, 4.69) is 44.4 Å². The van der Waals surface area contributed by atoms with Crippen molar-refractivity contribution in [1.82, 2.24) is 15.1 Å². The van der Waals surface area contributed by atoms with Crippen LogP contribution >= 0.6 is 0 Å². The number of carbonyl (C=O) groups excluding carboxylic acids is 1. The van der Waals surface area contributed by atoms with Gasteiger partial charge in [-0.2, -0.15) is 0 Å². The van der Waals surface area contributed by atoms with Crippen LogP contribution in [0, 0.1) is 5.92 Å². The highest BCUT2D eigenvalue weighted by atomic mass is 16.5. The number of aliphatic imine (C=N–C) groups is 1. The molecule has 3 fully saturated rings. The summed E-state index contributed by atoms with van der Waals surface area (Å²) >= 11 is 0. The number of rotatable bonds is 6. The summed E-state index contributed by atoms with van der Waals surface area (Å²) in [5.74, 6) is 0.704. The summed E-state index contributed by atoms with van der Waals surface area (Å²) < 4.78 is 11.8. The molecule has 32 heavy (non-hydrogen) atoms. The molecule has 1 aromatic rings. The standard InChI is InChI=1S/C24H37N5O3/c1-26-24(29-10-12-32-22(17-29)21-8-4-11-31-21)27-14-18-5-2-6-19(13-18)15-28-9-3-7-20(16-28)23(25)30/h2,5-6,13,20-22H,3-4,7-12,14-17H2,1H3,(H2,25,30)(H,26,27). The number of nitrogens with one attached hydrogen (secondary N) is 1. The Hall–Kier alpha value is -2.16. The van der Waals surface area contributed by atoms with E-state index in [1.165, 1.54) is 11.1 Å². The molecule has 8 heteroatoms. The Balaban J connectivity index is 1.30. The zero-order valence-corrected chi connectivity index (χ0v) is 19.2. The van der Waals surface area contributed by atoms with Crippen molar-refractivity contribution in [2.45, 2.75) is 51.0 Å². The van der Waals surface area contributed by atoms with Gasteiger partial charge in [-0.15, -0.1) is 0 Å². The van der Waals surface area contributed by atoms with Crippen LogP contribution in [0.4, 0.5) is 0 Å². The van der Waals surface area contributed by atoms with Gasteiger partial charge in [0.15, 0.2) is 5.96 Å². The van der Waals surface area contributed by atoms with Crippen LogP contribution in [0.15, 0.2) is 29.3 Å². The summed E-state index contributed by atoms with van der Waals surface area (Å²) in [4.78, 5) is 20.7. The summed E-state index contributed by atoms with van der Waals surface area (Å²) in [7, 11) is 1.83. The van der Waals surface area contributed by atoms with E-state index in [-0.39, 0.29) is 24.0 Å². The number of hydrogen-bond donors (Lipinski definition) is 2. The molecule has 3 aliphatic heterocycles. The second kappa shape index (κ2) is 11.1. The minimum atomic E-state index is -0.177. The third-order valence-corrected chi connectivity index (χ3v) is 6.74. The first kappa shape index (κ1) is 23.0. The number of ether oxygens (including phenoxy) is 2. The number of piperidine rings is 1. The molecule has 0 aliphatic carbocycles. The zero-order chi connectivity index (χ0) is 22.3. The number of benzene rings is 1. The van der Waals surface area contributed by atoms with E-state index in [4.69, 9.17) is 15.2 Å². The Morgan fingerprint density at radius 1 is 1.12 bits per heavy atom. The smallest absolute Gasteiger partial charge is 0.221 e. The van der Waals surface area contributed by atoms with Crippen LogP contribution in [-0.4, -0.2) is 80.3 Å². The molecule has 1 aromatic carbocycles. The van der Waals surface area contributed by atoms with Crippen molar-refractivity contribution in [3.05, 3.63) is 35.4 Å². The lowest BCUT2D eigenvalue weighted by atomic mass is 9.97. The quantitative estimate of drug-likeness (QED) is 0.509. The first-order valence-corrected chi connectivity index (χ1v) is 11.9. The number of nitrogens with two attached hydrogens (primary N) is 1. The van der Waals surface area contributed by atoms with Crippen LogP contribution < -0.4 is 11.1 Å². The van der Waals surface area contributed by atoms with Gasteiger partial charge < -0.3 is 25.4 Å². The monoisotopic (exact) mass is 443 g/mol. The normalized spacial score (nSPS) is 27.5. The molecular formula is C24H37N5O3. The fourth-order valence-electron chi connectivity index (χ4n) is 5.03. The summed E-state index contributed by atoms with van der Waals surface area (Å²) in [6.07, 6.45) is 4.45. The lowest BCUT2D eigenvalue weighted by molar-refractivity contribution is -0.123. The minimum Gasteiger partial charge on any atom is -0.375 e. The highest BCUT2D eigenvalue weighted by Crippen LogP contribution is 2.21. The van der Waals surface area contributed by atoms with Gasteiger partial charge in [-0.05, 0) is 43.4 Å². The molecule has 3 aliphatic rings. The molecule has 3 atom stereocenters. The molecule has 0 spiro atoms. The number of amides is 1. The third-order valence-electron chi connectivity index (χ3n) is 6.74. The number of guanidine groups is 1. The Bertz CT molecular complexity index is 796. The number of primary amides is 1. The van der Waals surface area contributed by atoms with Crippen molar-refractivity contribution in [2.75, 3.05) is 46.4 Å². The maximum atomic E-state index is 11.6. The van der Waals surface area contributed by atoms with E-state index in [1.54, 1.807) is 0 Å². The van der Waals surface area contributed by atoms with Gasteiger partial charge >= 0.3 is 0 Å². The second-order valence-corrected chi connectivity index (χ2v) is 9.10. The van der Waals surface area contributed by atoms with Crippen molar-refractivity contribution < 1.29 is 14.3 Å². The number of likely N-dealkylation sites (tertiary alicyclic amines) is 1. The predicted molar refractivity (Wildman–Crippen MR) is 124 cm³/mol. The van der Waals surface area contributed by atoms with Gasteiger partial charge in [0.1, 0.15) is 6.10 Å². The molecule has 4 rings (SSSR count). The van der Waals surface area contributed by atoms with Crippen molar-refractivity contribution in [2.24, 2.45) is 16.6 Å². The summed E-state index contributed by atoms with van der Waals surface area (Å²) in [6, 6.07) is 8.64. The van der Waals surface area contributed by atoms with Crippen LogP contribution in [0.5, 0.6) is 0 Å². The SMILES string of the molecule is CN=C(NCc1cccc(CN2CCCC(C(N)=O)C2)c1)N1CCOC(C2CCCO2)C1. The summed E-state index contributed by atoms with van der Waals surface area (Å²) in [5.41, 5.74) is 8.01. The van der Waals surface area contributed by atoms with E-state index in [0.29, 0.717) is 13.2 Å². The van der Waals surface area contributed by atoms with Crippen LogP contribution in [0.25, 0.3) is 0 Å². The summed E-state index contributed by atoms with van der Waals surface area (Å²) in [6.45, 7) is 6.51. The average Bonchev–Trinajstić information content (AvgIpc) is 3.35. The maximum absolute atomic E-state index is 11.6. The predicted octanol–water partition coefficient (Wildman–Crippen LogP) is 1.34. The van der Waals surface area contributed by atoms with E-state index in [0.717, 1.165) is 71.0 Å². The van der Waals surface area contributed by atoms with Crippen LogP contribution in [0.2, 0.25) is 0 Å². The highest BCUT2D eigenvalue weighted by molar-refractivity contribution is 5.80. The molecule has 3 unspecified atom stereocenters. The lowest BCUT2D eigenvalue weighted by Gasteiger charge is -2.37. The molecule has 3 N–H and O–H groups in total. The van der Waals surface area contributed by atoms with Crippen molar-refractivity contribution in [3.8, 4) is 0 Å². The number of nitrogens with zero attached hydrogens (tertiary/aromatic N) is 3. The zero-order valence-electron chi connectivity index (χ0n) is 19.2. The van der Waals surface area contributed by atoms with E-state index in [1.807, 2.05) is 7.05 Å². The molecule has 0 radical (unpaired) electrons. The van der Waals surface area contributed by atoms with E-state index < -0.39 is 0 Å². The van der Waals surface area contributed by atoms with Gasteiger partial charge in [-0.25, -0.2) is 0 Å². The van der Waals surface area contributed by atoms with Gasteiger partial charge in [-0.1, -0.05) is 24.3 Å². The minimum absolute atomic E-state index is 0.0242. The Kier molecular flexibility index (Phi) is 8.00.